The topological polar surface area (TPSA) is 64.1 Å². The van der Waals surface area contributed by atoms with Crippen LogP contribution in [0, 0.1) is 19.7 Å². The van der Waals surface area contributed by atoms with Gasteiger partial charge < -0.3 is 19.1 Å². The van der Waals surface area contributed by atoms with E-state index in [9.17, 15) is 9.18 Å². The maximum absolute atomic E-state index is 13.3. The van der Waals surface area contributed by atoms with Crippen LogP contribution in [-0.2, 0) is 24.4 Å². The normalized spacial score (nSPS) is 13.6. The smallest absolute Gasteiger partial charge is 0.246 e. The summed E-state index contributed by atoms with van der Waals surface area (Å²) in [6.07, 6.45) is 4.10. The highest BCUT2D eigenvalue weighted by Gasteiger charge is 2.21. The van der Waals surface area contributed by atoms with Gasteiger partial charge in [-0.25, -0.2) is 9.37 Å². The Labute approximate surface area is 310 Å². The molecule has 0 unspecified atom stereocenters. The second-order valence-corrected chi connectivity index (χ2v) is 13.5. The Kier molecular flexibility index (Phi) is 12.2. The lowest BCUT2D eigenvalue weighted by Gasteiger charge is -2.34. The zero-order valence-corrected chi connectivity index (χ0v) is 30.5. The molecule has 1 fully saturated rings. The first kappa shape index (κ1) is 36.6. The number of nitrogens with zero attached hydrogens (tertiary/aromatic N) is 3. The third kappa shape index (κ3) is 10.2. The van der Waals surface area contributed by atoms with Crippen LogP contribution in [0.5, 0.6) is 23.1 Å². The van der Waals surface area contributed by atoms with E-state index in [0.29, 0.717) is 54.5 Å². The van der Waals surface area contributed by atoms with Crippen molar-refractivity contribution >= 4 is 23.1 Å². The van der Waals surface area contributed by atoms with Crippen molar-refractivity contribution < 1.29 is 23.4 Å². The van der Waals surface area contributed by atoms with Gasteiger partial charge in [0.2, 0.25) is 11.8 Å². The molecule has 1 aromatic heterocycles. The van der Waals surface area contributed by atoms with Gasteiger partial charge in [-0.15, -0.1) is 0 Å². The summed E-state index contributed by atoms with van der Waals surface area (Å²) < 4.78 is 30.7. The van der Waals surface area contributed by atoms with Crippen LogP contribution >= 0.6 is 11.6 Å². The molecule has 0 N–H and O–H groups in total. The fraction of sp³-hybridized carbons (Fsp3) is 0.256. The number of benzene rings is 4. The largest absolute Gasteiger partial charge is 0.493 e. The molecule has 0 radical (unpaired) electrons. The molecule has 0 aliphatic carbocycles. The van der Waals surface area contributed by atoms with Crippen LogP contribution in [0.2, 0.25) is 5.02 Å². The maximum Gasteiger partial charge on any atom is 0.246 e. The van der Waals surface area contributed by atoms with Crippen molar-refractivity contribution in [3.05, 3.63) is 154 Å². The first-order chi connectivity index (χ1) is 25.2. The molecule has 6 rings (SSSR count). The van der Waals surface area contributed by atoms with E-state index < -0.39 is 0 Å². The lowest BCUT2D eigenvalue weighted by Crippen LogP contribution is -2.47. The van der Waals surface area contributed by atoms with E-state index in [1.165, 1.54) is 28.8 Å². The molecule has 2 heterocycles. The molecular formula is C43H43ClFN3O4. The summed E-state index contributed by atoms with van der Waals surface area (Å²) in [5.41, 5.74) is 7.24. The fourth-order valence-electron chi connectivity index (χ4n) is 5.93. The van der Waals surface area contributed by atoms with E-state index in [2.05, 4.69) is 53.2 Å². The highest BCUT2D eigenvalue weighted by molar-refractivity contribution is 6.32. The first-order valence-corrected chi connectivity index (χ1v) is 17.8. The molecule has 0 saturated carbocycles. The van der Waals surface area contributed by atoms with Crippen molar-refractivity contribution in [2.24, 2.45) is 0 Å². The lowest BCUT2D eigenvalue weighted by molar-refractivity contribution is -0.127. The molecule has 52 heavy (non-hydrogen) atoms. The average molecular weight is 720 g/mol. The van der Waals surface area contributed by atoms with E-state index in [1.54, 1.807) is 30.5 Å². The molecule has 5 aromatic rings. The second-order valence-electron chi connectivity index (χ2n) is 13.1. The first-order valence-electron chi connectivity index (χ1n) is 17.5. The standard InChI is InChI=1S/C43H43ClFN3O4/c1-30-4-6-35(7-5-30)29-51-39-16-17-41(46-27-39)52-43-32(3)24-36(26-40(43)44)31(2)25-42(49)48-21-19-47(20-22-48)28-34-10-8-33(9-11-34)18-23-50-38-14-12-37(45)13-15-38/h4-17,24-27H,18-23,28-29H2,1-3H3/b31-25+. The van der Waals surface area contributed by atoms with Gasteiger partial charge in [0.15, 0.2) is 5.75 Å². The number of aryl methyl sites for hydroxylation is 2. The lowest BCUT2D eigenvalue weighted by atomic mass is 10.0. The summed E-state index contributed by atoms with van der Waals surface area (Å²) in [5.74, 6) is 1.96. The number of allylic oxidation sites excluding steroid dienone is 1. The van der Waals surface area contributed by atoms with Gasteiger partial charge in [-0.3, -0.25) is 9.69 Å². The molecule has 0 bridgehead atoms. The van der Waals surface area contributed by atoms with Gasteiger partial charge in [0.25, 0.3) is 0 Å². The summed E-state index contributed by atoms with van der Waals surface area (Å²) in [6, 6.07) is 30.2. The van der Waals surface area contributed by atoms with Crippen LogP contribution in [0.15, 0.2) is 109 Å². The molecule has 0 spiro atoms. The number of halogens is 2. The number of carbonyl (C=O) groups excluding carboxylic acids is 1. The minimum atomic E-state index is -0.272. The van der Waals surface area contributed by atoms with Crippen LogP contribution in [-0.4, -0.2) is 53.5 Å². The predicted molar refractivity (Wildman–Crippen MR) is 204 cm³/mol. The van der Waals surface area contributed by atoms with Crippen LogP contribution in [0.4, 0.5) is 4.39 Å². The van der Waals surface area contributed by atoms with Gasteiger partial charge in [0.05, 0.1) is 17.8 Å². The molecule has 0 atom stereocenters. The van der Waals surface area contributed by atoms with Crippen molar-refractivity contribution in [2.45, 2.75) is 40.3 Å². The highest BCUT2D eigenvalue weighted by atomic mass is 35.5. The number of rotatable bonds is 13. The minimum Gasteiger partial charge on any atom is -0.493 e. The molecule has 4 aromatic carbocycles. The number of piperazine rings is 1. The Morgan fingerprint density at radius 3 is 2.17 bits per heavy atom. The van der Waals surface area contributed by atoms with Crippen molar-refractivity contribution in [2.75, 3.05) is 32.8 Å². The molecule has 7 nitrogen and oxygen atoms in total. The van der Waals surface area contributed by atoms with Gasteiger partial charge in [-0.2, -0.15) is 0 Å². The quantitative estimate of drug-likeness (QED) is 0.113. The van der Waals surface area contributed by atoms with Crippen LogP contribution in [0.3, 0.4) is 0 Å². The zero-order valence-electron chi connectivity index (χ0n) is 29.8. The number of amides is 1. The third-order valence-electron chi connectivity index (χ3n) is 9.05. The Morgan fingerprint density at radius 2 is 1.50 bits per heavy atom. The van der Waals surface area contributed by atoms with Crippen LogP contribution in [0.1, 0.15) is 40.3 Å². The van der Waals surface area contributed by atoms with Crippen molar-refractivity contribution in [1.82, 2.24) is 14.8 Å². The Bertz CT molecular complexity index is 1950. The molecular weight excluding hydrogens is 677 g/mol. The fourth-order valence-corrected chi connectivity index (χ4v) is 6.23. The Morgan fingerprint density at radius 1 is 0.827 bits per heavy atom. The molecule has 268 valence electrons. The third-order valence-corrected chi connectivity index (χ3v) is 9.33. The number of aromatic nitrogens is 1. The second kappa shape index (κ2) is 17.4. The van der Waals surface area contributed by atoms with Crippen LogP contribution < -0.4 is 14.2 Å². The van der Waals surface area contributed by atoms with Crippen molar-refractivity contribution in [3.63, 3.8) is 0 Å². The summed E-state index contributed by atoms with van der Waals surface area (Å²) in [6.45, 7) is 10.7. The van der Waals surface area contributed by atoms with Gasteiger partial charge >= 0.3 is 0 Å². The number of carbonyl (C=O) groups is 1. The molecule has 1 amide bonds. The van der Waals surface area contributed by atoms with Gasteiger partial charge in [0.1, 0.15) is 23.9 Å². The van der Waals surface area contributed by atoms with E-state index in [1.807, 2.05) is 49.1 Å². The highest BCUT2D eigenvalue weighted by Crippen LogP contribution is 2.35. The van der Waals surface area contributed by atoms with E-state index in [-0.39, 0.29) is 11.7 Å². The SMILES string of the molecule is C/C(=C\C(=O)N1CCN(Cc2ccc(CCOc3ccc(F)cc3)cc2)CC1)c1cc(C)c(Oc2ccc(OCc3ccc(C)cc3)cn2)c(Cl)c1. The average Bonchev–Trinajstić information content (AvgIpc) is 3.15. The number of hydrogen-bond acceptors (Lipinski definition) is 6. The van der Waals surface area contributed by atoms with E-state index in [0.717, 1.165) is 48.3 Å². The van der Waals surface area contributed by atoms with Gasteiger partial charge in [-0.1, -0.05) is 65.7 Å². The number of ether oxygens (including phenoxy) is 3. The number of hydrogen-bond donors (Lipinski definition) is 0. The summed E-state index contributed by atoms with van der Waals surface area (Å²) in [4.78, 5) is 21.9. The van der Waals surface area contributed by atoms with Gasteiger partial charge in [-0.05, 0) is 96.6 Å². The van der Waals surface area contributed by atoms with Crippen molar-refractivity contribution in [3.8, 4) is 23.1 Å². The maximum atomic E-state index is 13.3. The minimum absolute atomic E-state index is 0.00709. The molecule has 9 heteroatoms. The Balaban J connectivity index is 0.955. The molecule has 1 aliphatic heterocycles. The predicted octanol–water partition coefficient (Wildman–Crippen LogP) is 9.23. The molecule has 1 aliphatic rings. The van der Waals surface area contributed by atoms with Gasteiger partial charge in [0, 0.05) is 51.3 Å². The number of pyridine rings is 1. The summed E-state index contributed by atoms with van der Waals surface area (Å²) >= 11 is 6.69. The van der Waals surface area contributed by atoms with Crippen molar-refractivity contribution in [1.29, 1.82) is 0 Å². The van der Waals surface area contributed by atoms with Crippen LogP contribution in [0.25, 0.3) is 5.57 Å². The summed E-state index contributed by atoms with van der Waals surface area (Å²) in [5, 5.41) is 0.441. The summed E-state index contributed by atoms with van der Waals surface area (Å²) in [7, 11) is 0. The Hall–Kier alpha value is -5.18. The van der Waals surface area contributed by atoms with E-state index in [4.69, 9.17) is 25.8 Å². The molecule has 1 saturated heterocycles. The van der Waals surface area contributed by atoms with E-state index >= 15 is 0 Å². The monoisotopic (exact) mass is 719 g/mol. The zero-order chi connectivity index (χ0) is 36.5.